The zero-order valence-electron chi connectivity index (χ0n) is 12.0. The van der Waals surface area contributed by atoms with Crippen LogP contribution >= 0.6 is 0 Å². The predicted molar refractivity (Wildman–Crippen MR) is 74.9 cm³/mol. The van der Waals surface area contributed by atoms with Crippen molar-refractivity contribution < 1.29 is 9.53 Å². The molecule has 1 aromatic carbocycles. The van der Waals surface area contributed by atoms with Gasteiger partial charge in [-0.15, -0.1) is 0 Å². The van der Waals surface area contributed by atoms with Gasteiger partial charge in [-0.3, -0.25) is 4.79 Å². The van der Waals surface area contributed by atoms with E-state index in [2.05, 4.69) is 0 Å². The fraction of sp³-hybridized carbons (Fsp3) is 0.533. The number of carbonyl (C=O) groups is 1. The summed E-state index contributed by atoms with van der Waals surface area (Å²) in [5.74, 6) is 0.0279. The van der Waals surface area contributed by atoms with Gasteiger partial charge in [-0.1, -0.05) is 31.5 Å². The van der Waals surface area contributed by atoms with Crippen LogP contribution in [0.25, 0.3) is 0 Å². The maximum atomic E-state index is 11.9. The van der Waals surface area contributed by atoms with E-state index in [-0.39, 0.29) is 18.1 Å². The van der Waals surface area contributed by atoms with Crippen LogP contribution in [0, 0.1) is 6.92 Å². The summed E-state index contributed by atoms with van der Waals surface area (Å²) >= 11 is 0. The van der Waals surface area contributed by atoms with Gasteiger partial charge in [0.15, 0.2) is 0 Å². The van der Waals surface area contributed by atoms with Gasteiger partial charge < -0.3 is 9.64 Å². The van der Waals surface area contributed by atoms with E-state index in [9.17, 15) is 4.79 Å². The molecule has 1 fully saturated rings. The maximum Gasteiger partial charge on any atom is 0.253 e. The van der Waals surface area contributed by atoms with Crippen LogP contribution in [-0.2, 0) is 9.53 Å². The van der Waals surface area contributed by atoms with E-state index < -0.39 is 0 Å². The Labute approximate surface area is 110 Å². The number of ether oxygens (including phenoxy) is 1. The average Bonchev–Trinajstić information content (AvgIpc) is 2.33. The number of rotatable bonds is 1. The summed E-state index contributed by atoms with van der Waals surface area (Å²) < 4.78 is 5.28. The molecule has 0 N–H and O–H groups in total. The highest BCUT2D eigenvalue weighted by atomic mass is 16.5. The molecule has 0 unspecified atom stereocenters. The number of amides is 1. The van der Waals surface area contributed by atoms with Crippen LogP contribution < -0.4 is 4.90 Å². The van der Waals surface area contributed by atoms with Gasteiger partial charge in [-0.2, -0.15) is 0 Å². The van der Waals surface area contributed by atoms with E-state index >= 15 is 0 Å². The summed E-state index contributed by atoms with van der Waals surface area (Å²) in [5, 5.41) is 0. The van der Waals surface area contributed by atoms with Crippen LogP contribution in [0.5, 0.6) is 0 Å². The minimum atomic E-state index is -0.273. The first-order valence-corrected chi connectivity index (χ1v) is 6.48. The van der Waals surface area contributed by atoms with Crippen LogP contribution in [0.1, 0.15) is 33.3 Å². The molecule has 100 valence electrons. The third-order valence-electron chi connectivity index (χ3n) is 2.83. The average molecular weight is 249 g/mol. The van der Waals surface area contributed by atoms with Crippen molar-refractivity contribution in [3.8, 4) is 0 Å². The van der Waals surface area contributed by atoms with E-state index in [0.29, 0.717) is 6.61 Å². The predicted octanol–water partition coefficient (Wildman–Crippen LogP) is 3.16. The summed E-state index contributed by atoms with van der Waals surface area (Å²) in [7, 11) is 0. The quantitative estimate of drug-likeness (QED) is 0.765. The lowest BCUT2D eigenvalue weighted by atomic mass is 10.0. The number of carbonyl (C=O) groups excluding carboxylic acids is 1. The van der Waals surface area contributed by atoms with Crippen molar-refractivity contribution in [2.45, 2.75) is 40.2 Å². The number of anilines is 1. The fourth-order valence-corrected chi connectivity index (χ4v) is 2.04. The summed E-state index contributed by atoms with van der Waals surface area (Å²) in [4.78, 5) is 13.7. The van der Waals surface area contributed by atoms with E-state index in [1.807, 2.05) is 63.8 Å². The standard InChI is InChI=1S/C13H17NO2.C2H6/c1-10-4-6-11(7-5-10)14-12(15)8-16-9-13(14,2)3;1-2/h4-7H,8-9H2,1-3H3;1-2H3. The molecule has 0 saturated carbocycles. The second kappa shape index (κ2) is 6.01. The molecule has 1 amide bonds. The van der Waals surface area contributed by atoms with Gasteiger partial charge in [0.2, 0.25) is 0 Å². The van der Waals surface area contributed by atoms with Crippen molar-refractivity contribution in [3.05, 3.63) is 29.8 Å². The SMILES string of the molecule is CC.Cc1ccc(N2C(=O)COCC2(C)C)cc1. The first-order chi connectivity index (χ1) is 8.50. The Balaban J connectivity index is 0.000000771. The molecule has 3 nitrogen and oxygen atoms in total. The Kier molecular flexibility index (Phi) is 4.91. The van der Waals surface area contributed by atoms with Crippen molar-refractivity contribution >= 4 is 11.6 Å². The third-order valence-corrected chi connectivity index (χ3v) is 2.83. The third kappa shape index (κ3) is 3.10. The van der Waals surface area contributed by atoms with Crippen LogP contribution in [-0.4, -0.2) is 24.7 Å². The maximum absolute atomic E-state index is 11.9. The molecule has 0 aromatic heterocycles. The summed E-state index contributed by atoms with van der Waals surface area (Å²) in [6.07, 6.45) is 0. The second-order valence-corrected chi connectivity index (χ2v) is 4.87. The fourth-order valence-electron chi connectivity index (χ4n) is 2.04. The molecular weight excluding hydrogens is 226 g/mol. The molecular formula is C15H23NO2. The largest absolute Gasteiger partial charge is 0.369 e. The second-order valence-electron chi connectivity index (χ2n) is 4.87. The lowest BCUT2D eigenvalue weighted by molar-refractivity contribution is -0.129. The normalized spacial score (nSPS) is 18.1. The van der Waals surface area contributed by atoms with E-state index in [1.54, 1.807) is 0 Å². The molecule has 1 heterocycles. The lowest BCUT2D eigenvalue weighted by Crippen LogP contribution is -2.56. The van der Waals surface area contributed by atoms with Gasteiger partial charge in [0.05, 0.1) is 12.1 Å². The van der Waals surface area contributed by atoms with Crippen molar-refractivity contribution in [3.63, 3.8) is 0 Å². The van der Waals surface area contributed by atoms with Crippen LogP contribution in [0.2, 0.25) is 0 Å². The summed E-state index contributed by atoms with van der Waals surface area (Å²) in [5.41, 5.74) is 1.87. The van der Waals surface area contributed by atoms with E-state index in [1.165, 1.54) is 5.56 Å². The molecule has 18 heavy (non-hydrogen) atoms. The molecule has 0 atom stereocenters. The van der Waals surface area contributed by atoms with Crippen molar-refractivity contribution in [2.75, 3.05) is 18.1 Å². The lowest BCUT2D eigenvalue weighted by Gasteiger charge is -2.41. The highest BCUT2D eigenvalue weighted by molar-refractivity contribution is 5.96. The minimum absolute atomic E-state index is 0.0279. The van der Waals surface area contributed by atoms with Gasteiger partial charge >= 0.3 is 0 Å². The first kappa shape index (κ1) is 14.7. The smallest absolute Gasteiger partial charge is 0.253 e. The number of morpholine rings is 1. The van der Waals surface area contributed by atoms with Gasteiger partial charge in [-0.25, -0.2) is 0 Å². The first-order valence-electron chi connectivity index (χ1n) is 6.48. The molecule has 3 heteroatoms. The Morgan fingerprint density at radius 1 is 1.17 bits per heavy atom. The summed E-state index contributed by atoms with van der Waals surface area (Å²) in [6.45, 7) is 10.8. The number of hydrogen-bond acceptors (Lipinski definition) is 2. The number of nitrogens with zero attached hydrogens (tertiary/aromatic N) is 1. The minimum Gasteiger partial charge on any atom is -0.369 e. The number of hydrogen-bond donors (Lipinski definition) is 0. The van der Waals surface area contributed by atoms with Crippen LogP contribution in [0.4, 0.5) is 5.69 Å². The topological polar surface area (TPSA) is 29.5 Å². The molecule has 0 spiro atoms. The molecule has 1 saturated heterocycles. The molecule has 2 rings (SSSR count). The Morgan fingerprint density at radius 2 is 1.72 bits per heavy atom. The molecule has 1 aliphatic rings. The zero-order chi connectivity index (χ0) is 13.8. The van der Waals surface area contributed by atoms with Crippen molar-refractivity contribution in [2.24, 2.45) is 0 Å². The zero-order valence-corrected chi connectivity index (χ0v) is 12.0. The molecule has 0 bridgehead atoms. The molecule has 0 aliphatic carbocycles. The van der Waals surface area contributed by atoms with Gasteiger partial charge in [-0.05, 0) is 32.9 Å². The highest BCUT2D eigenvalue weighted by Crippen LogP contribution is 2.27. The van der Waals surface area contributed by atoms with Crippen molar-refractivity contribution in [1.29, 1.82) is 0 Å². The van der Waals surface area contributed by atoms with E-state index in [0.717, 1.165) is 5.69 Å². The van der Waals surface area contributed by atoms with E-state index in [4.69, 9.17) is 4.74 Å². The number of benzene rings is 1. The molecule has 1 aromatic rings. The van der Waals surface area contributed by atoms with Crippen LogP contribution in [0.3, 0.4) is 0 Å². The Hall–Kier alpha value is -1.35. The van der Waals surface area contributed by atoms with Gasteiger partial charge in [0.1, 0.15) is 6.61 Å². The van der Waals surface area contributed by atoms with Crippen LogP contribution in [0.15, 0.2) is 24.3 Å². The summed E-state index contributed by atoms with van der Waals surface area (Å²) in [6, 6.07) is 8.02. The number of aryl methyl sites for hydroxylation is 1. The molecule has 0 radical (unpaired) electrons. The van der Waals surface area contributed by atoms with Gasteiger partial charge in [0, 0.05) is 5.69 Å². The monoisotopic (exact) mass is 249 g/mol. The molecule has 1 aliphatic heterocycles. The van der Waals surface area contributed by atoms with Gasteiger partial charge in [0.25, 0.3) is 5.91 Å². The van der Waals surface area contributed by atoms with Crippen molar-refractivity contribution in [1.82, 2.24) is 0 Å². The highest BCUT2D eigenvalue weighted by Gasteiger charge is 2.36. The Morgan fingerprint density at radius 3 is 2.22 bits per heavy atom. The Bertz CT molecular complexity index is 395.